The molecule has 0 aromatic heterocycles. The van der Waals surface area contributed by atoms with Crippen molar-refractivity contribution in [2.24, 2.45) is 5.92 Å². The second-order valence-corrected chi connectivity index (χ2v) is 5.30. The second-order valence-electron chi connectivity index (χ2n) is 5.30. The number of esters is 1. The molecule has 0 aliphatic heterocycles. The number of hydrogen-bond acceptors (Lipinski definition) is 4. The Labute approximate surface area is 117 Å². The Morgan fingerprint density at radius 1 is 1.35 bits per heavy atom. The first-order valence-electron chi connectivity index (χ1n) is 7.02. The van der Waals surface area contributed by atoms with Gasteiger partial charge in [0, 0.05) is 11.5 Å². The molecule has 1 aromatic rings. The van der Waals surface area contributed by atoms with E-state index in [4.69, 9.17) is 4.74 Å². The molecule has 4 heteroatoms. The Hall–Kier alpha value is -1.97. The molecule has 0 saturated carbocycles. The zero-order valence-electron chi connectivity index (χ0n) is 11.3. The normalized spacial score (nSPS) is 23.4. The summed E-state index contributed by atoms with van der Waals surface area (Å²) in [6, 6.07) is 5.62. The van der Waals surface area contributed by atoms with Crippen LogP contribution in [0.1, 0.15) is 47.2 Å². The molecule has 0 heterocycles. The van der Waals surface area contributed by atoms with E-state index in [1.807, 2.05) is 12.1 Å². The van der Waals surface area contributed by atoms with Crippen LogP contribution in [-0.4, -0.2) is 24.1 Å². The Morgan fingerprint density at radius 2 is 2.15 bits per heavy atom. The van der Waals surface area contributed by atoms with Gasteiger partial charge in [-0.05, 0) is 37.3 Å². The van der Waals surface area contributed by atoms with Crippen LogP contribution < -0.4 is 0 Å². The molecule has 0 fully saturated rings. The molecule has 0 radical (unpaired) electrons. The maximum atomic E-state index is 12.5. The van der Waals surface area contributed by atoms with Gasteiger partial charge in [-0.3, -0.25) is 9.59 Å². The Kier molecular flexibility index (Phi) is 3.16. The molecule has 1 aromatic carbocycles. The van der Waals surface area contributed by atoms with Gasteiger partial charge < -0.3 is 4.74 Å². The summed E-state index contributed by atoms with van der Waals surface area (Å²) in [7, 11) is 0. The van der Waals surface area contributed by atoms with Gasteiger partial charge in [0.2, 0.25) is 0 Å². The van der Waals surface area contributed by atoms with Crippen LogP contribution in [0.3, 0.4) is 0 Å². The Balaban J connectivity index is 2.00. The van der Waals surface area contributed by atoms with Crippen LogP contribution in [0.5, 0.6) is 0 Å². The first-order chi connectivity index (χ1) is 9.65. The number of ether oxygens (including phenoxy) is 1. The quantitative estimate of drug-likeness (QED) is 0.480. The van der Waals surface area contributed by atoms with E-state index in [2.05, 4.69) is 0 Å². The first-order valence-corrected chi connectivity index (χ1v) is 7.02. The fourth-order valence-electron chi connectivity index (χ4n) is 3.46. The lowest BCUT2D eigenvalue weighted by Crippen LogP contribution is -2.32. The smallest absolute Gasteiger partial charge is 0.375 e. The summed E-state index contributed by atoms with van der Waals surface area (Å²) >= 11 is 0. The van der Waals surface area contributed by atoms with Gasteiger partial charge in [0.1, 0.15) is 0 Å². The van der Waals surface area contributed by atoms with Crippen molar-refractivity contribution in [1.82, 2.24) is 0 Å². The standard InChI is InChI=1S/C16H16O4/c1-2-20-16(19)15(18)13-10-7-3-5-9-6-4-8-11(12(9)10)14(13)17/h4,6,8,10,13H,2-3,5,7H2,1H3. The van der Waals surface area contributed by atoms with Gasteiger partial charge in [-0.2, -0.15) is 0 Å². The number of ketones is 2. The summed E-state index contributed by atoms with van der Waals surface area (Å²) in [5.41, 5.74) is 2.76. The lowest BCUT2D eigenvalue weighted by Gasteiger charge is -2.24. The van der Waals surface area contributed by atoms with Crippen molar-refractivity contribution >= 4 is 17.5 Å². The summed E-state index contributed by atoms with van der Waals surface area (Å²) in [6.45, 7) is 1.80. The van der Waals surface area contributed by atoms with Crippen molar-refractivity contribution in [3.63, 3.8) is 0 Å². The number of rotatable bonds is 3. The van der Waals surface area contributed by atoms with E-state index in [-0.39, 0.29) is 18.3 Å². The van der Waals surface area contributed by atoms with Crippen LogP contribution in [0.25, 0.3) is 0 Å². The van der Waals surface area contributed by atoms with Crippen molar-refractivity contribution in [2.45, 2.75) is 32.1 Å². The van der Waals surface area contributed by atoms with E-state index in [1.54, 1.807) is 13.0 Å². The predicted molar refractivity (Wildman–Crippen MR) is 71.6 cm³/mol. The van der Waals surface area contributed by atoms with Crippen LogP contribution in [0.2, 0.25) is 0 Å². The molecule has 3 rings (SSSR count). The first kappa shape index (κ1) is 13.0. The van der Waals surface area contributed by atoms with Crippen molar-refractivity contribution in [1.29, 1.82) is 0 Å². The number of aryl methyl sites for hydroxylation is 1. The molecule has 20 heavy (non-hydrogen) atoms. The highest BCUT2D eigenvalue weighted by Gasteiger charge is 2.48. The monoisotopic (exact) mass is 272 g/mol. The van der Waals surface area contributed by atoms with Gasteiger partial charge in [0.15, 0.2) is 5.78 Å². The topological polar surface area (TPSA) is 60.4 Å². The highest BCUT2D eigenvalue weighted by atomic mass is 16.5. The minimum Gasteiger partial charge on any atom is -0.460 e. The largest absolute Gasteiger partial charge is 0.460 e. The molecule has 0 spiro atoms. The second kappa shape index (κ2) is 4.85. The summed E-state index contributed by atoms with van der Waals surface area (Å²) < 4.78 is 4.76. The maximum Gasteiger partial charge on any atom is 0.375 e. The fraction of sp³-hybridized carbons (Fsp3) is 0.438. The van der Waals surface area contributed by atoms with E-state index in [1.165, 1.54) is 0 Å². The van der Waals surface area contributed by atoms with E-state index in [0.29, 0.717) is 5.56 Å². The molecule has 2 aliphatic rings. The minimum atomic E-state index is -0.884. The molecule has 0 saturated heterocycles. The van der Waals surface area contributed by atoms with Crippen molar-refractivity contribution < 1.29 is 19.1 Å². The lowest BCUT2D eigenvalue weighted by atomic mass is 9.79. The van der Waals surface area contributed by atoms with E-state index in [9.17, 15) is 14.4 Å². The highest BCUT2D eigenvalue weighted by Crippen LogP contribution is 2.46. The van der Waals surface area contributed by atoms with Crippen molar-refractivity contribution in [3.8, 4) is 0 Å². The zero-order chi connectivity index (χ0) is 14.3. The third kappa shape index (κ3) is 1.79. The molecular formula is C16H16O4. The highest BCUT2D eigenvalue weighted by molar-refractivity contribution is 6.40. The van der Waals surface area contributed by atoms with Crippen LogP contribution in [0.15, 0.2) is 18.2 Å². The summed E-state index contributed by atoms with van der Waals surface area (Å²) in [5.74, 6) is -2.80. The van der Waals surface area contributed by atoms with Gasteiger partial charge in [-0.15, -0.1) is 0 Å². The molecule has 4 nitrogen and oxygen atoms in total. The Bertz CT molecular complexity index is 602. The molecule has 0 amide bonds. The third-order valence-electron chi connectivity index (χ3n) is 4.24. The number of benzene rings is 1. The van der Waals surface area contributed by atoms with E-state index < -0.39 is 17.7 Å². The third-order valence-corrected chi connectivity index (χ3v) is 4.24. The van der Waals surface area contributed by atoms with Crippen LogP contribution >= 0.6 is 0 Å². The summed E-state index contributed by atoms with van der Waals surface area (Å²) in [5, 5.41) is 0. The van der Waals surface area contributed by atoms with Crippen LogP contribution in [-0.2, 0) is 20.7 Å². The van der Waals surface area contributed by atoms with Gasteiger partial charge in [-0.1, -0.05) is 18.2 Å². The maximum absolute atomic E-state index is 12.5. The SMILES string of the molecule is CCOC(=O)C(=O)C1C(=O)c2cccc3c2C1CCC3. The molecular weight excluding hydrogens is 256 g/mol. The Morgan fingerprint density at radius 3 is 2.90 bits per heavy atom. The number of hydrogen-bond donors (Lipinski definition) is 0. The molecule has 2 unspecified atom stereocenters. The number of carbonyl (C=O) groups is 3. The van der Waals surface area contributed by atoms with E-state index >= 15 is 0 Å². The zero-order valence-corrected chi connectivity index (χ0v) is 11.3. The average molecular weight is 272 g/mol. The van der Waals surface area contributed by atoms with Crippen LogP contribution in [0, 0.1) is 5.92 Å². The lowest BCUT2D eigenvalue weighted by molar-refractivity contribution is -0.155. The molecule has 0 bridgehead atoms. The molecule has 104 valence electrons. The minimum absolute atomic E-state index is 0.139. The molecule has 0 N–H and O–H groups in total. The van der Waals surface area contributed by atoms with Crippen LogP contribution in [0.4, 0.5) is 0 Å². The molecule has 2 atom stereocenters. The van der Waals surface area contributed by atoms with Crippen molar-refractivity contribution in [2.75, 3.05) is 6.61 Å². The predicted octanol–water partition coefficient (Wildman–Crippen LogP) is 2.05. The van der Waals surface area contributed by atoms with Gasteiger partial charge in [0.25, 0.3) is 5.78 Å². The summed E-state index contributed by atoms with van der Waals surface area (Å²) in [6.07, 6.45) is 2.67. The van der Waals surface area contributed by atoms with Crippen molar-refractivity contribution in [3.05, 3.63) is 34.9 Å². The number of Topliss-reactive ketones (excluding diaryl/α,β-unsaturated/α-hetero) is 2. The summed E-state index contributed by atoms with van der Waals surface area (Å²) in [4.78, 5) is 36.4. The molecule has 2 aliphatic carbocycles. The van der Waals surface area contributed by atoms with Gasteiger partial charge in [-0.25, -0.2) is 4.79 Å². The average Bonchev–Trinajstić information content (AvgIpc) is 2.74. The van der Waals surface area contributed by atoms with Gasteiger partial charge in [0.05, 0.1) is 12.5 Å². The van der Waals surface area contributed by atoms with Gasteiger partial charge >= 0.3 is 5.97 Å². The van der Waals surface area contributed by atoms with E-state index in [0.717, 1.165) is 30.4 Å². The number of carbonyl (C=O) groups excluding carboxylic acids is 3. The fourth-order valence-corrected chi connectivity index (χ4v) is 3.46.